The van der Waals surface area contributed by atoms with Gasteiger partial charge >= 0.3 is 0 Å². The zero-order chi connectivity index (χ0) is 9.72. The van der Waals surface area contributed by atoms with Crippen LogP contribution < -0.4 is 5.73 Å². The van der Waals surface area contributed by atoms with Crippen molar-refractivity contribution in [3.63, 3.8) is 0 Å². The Kier molecular flexibility index (Phi) is 5.06. The fourth-order valence-corrected chi connectivity index (χ4v) is 1.28. The zero-order valence-corrected chi connectivity index (χ0v) is 8.78. The monoisotopic (exact) mass is 187 g/mol. The van der Waals surface area contributed by atoms with E-state index in [1.807, 2.05) is 0 Å². The highest BCUT2D eigenvalue weighted by molar-refractivity contribution is 7.80. The minimum absolute atomic E-state index is 0.206. The van der Waals surface area contributed by atoms with Crippen molar-refractivity contribution in [1.82, 2.24) is 0 Å². The van der Waals surface area contributed by atoms with Crippen LogP contribution in [0.4, 0.5) is 0 Å². The van der Waals surface area contributed by atoms with E-state index in [9.17, 15) is 4.79 Å². The summed E-state index contributed by atoms with van der Waals surface area (Å²) < 4.78 is 0. The molecular weight excluding hydrogens is 170 g/mol. The molecule has 1 atom stereocenters. The molecule has 0 aliphatic heterocycles. The molecule has 1 unspecified atom stereocenters. The van der Waals surface area contributed by atoms with Crippen LogP contribution in [-0.4, -0.2) is 10.8 Å². The van der Waals surface area contributed by atoms with Gasteiger partial charge in [0.05, 0.1) is 5.92 Å². The van der Waals surface area contributed by atoms with Crippen LogP contribution in [-0.2, 0) is 4.79 Å². The molecule has 0 radical (unpaired) electrons. The first-order chi connectivity index (χ1) is 5.45. The van der Waals surface area contributed by atoms with Gasteiger partial charge in [0.15, 0.2) is 0 Å². The Morgan fingerprint density at radius 3 is 2.17 bits per heavy atom. The van der Waals surface area contributed by atoms with Gasteiger partial charge in [-0.3, -0.25) is 4.79 Å². The molecule has 0 saturated carbocycles. The molecule has 12 heavy (non-hydrogen) atoms. The maximum Gasteiger partial charge on any atom is 0.225 e. The molecule has 0 aromatic rings. The summed E-state index contributed by atoms with van der Waals surface area (Å²) in [5, 5.41) is 0. The summed E-state index contributed by atoms with van der Waals surface area (Å²) in [6.45, 7) is 6.03. The maximum absolute atomic E-state index is 10.9. The summed E-state index contributed by atoms with van der Waals surface area (Å²) in [6.07, 6.45) is 1.80. The van der Waals surface area contributed by atoms with E-state index in [0.717, 1.165) is 12.8 Å². The predicted octanol–water partition coefficient (Wildman–Crippen LogP) is 1.91. The predicted molar refractivity (Wildman–Crippen MR) is 55.0 cm³/mol. The molecule has 0 aromatic heterocycles. The van der Waals surface area contributed by atoms with Gasteiger partial charge in [0.25, 0.3) is 0 Å². The minimum Gasteiger partial charge on any atom is -0.369 e. The fraction of sp³-hybridized carbons (Fsp3) is 0.778. The summed E-state index contributed by atoms with van der Waals surface area (Å²) in [5.74, 6) is 0.103. The molecule has 1 amide bonds. The van der Waals surface area contributed by atoms with Gasteiger partial charge in [-0.05, 0) is 25.7 Å². The van der Waals surface area contributed by atoms with Crippen LogP contribution in [0, 0.1) is 11.8 Å². The number of carbonyl (C=O) groups is 1. The Morgan fingerprint density at radius 2 is 1.92 bits per heavy atom. The van der Waals surface area contributed by atoms with E-state index in [-0.39, 0.29) is 11.8 Å². The first-order valence-electron chi connectivity index (χ1n) is 4.25. The van der Waals surface area contributed by atoms with Crippen LogP contribution in [0.3, 0.4) is 0 Å². The summed E-state index contributed by atoms with van der Waals surface area (Å²) in [6, 6.07) is 0. The summed E-state index contributed by atoms with van der Waals surface area (Å²) >= 11 is 4.94. The number of thiocarbonyl (C=S) groups is 1. The largest absolute Gasteiger partial charge is 0.369 e. The highest BCUT2D eigenvalue weighted by Crippen LogP contribution is 2.13. The molecule has 2 N–H and O–H groups in total. The number of amides is 1. The molecule has 3 heteroatoms. The molecule has 0 aliphatic rings. The number of hydrogen-bond donors (Lipinski definition) is 1. The van der Waals surface area contributed by atoms with E-state index < -0.39 is 0 Å². The van der Waals surface area contributed by atoms with Gasteiger partial charge in [-0.1, -0.05) is 26.1 Å². The molecule has 0 aliphatic carbocycles. The molecule has 0 spiro atoms. The van der Waals surface area contributed by atoms with Crippen molar-refractivity contribution in [2.24, 2.45) is 17.6 Å². The van der Waals surface area contributed by atoms with Gasteiger partial charge < -0.3 is 5.73 Å². The van der Waals surface area contributed by atoms with Crippen molar-refractivity contribution in [2.75, 3.05) is 0 Å². The Hall–Kier alpha value is -0.440. The number of primary amides is 1. The molecule has 0 bridgehead atoms. The lowest BCUT2D eigenvalue weighted by atomic mass is 9.95. The van der Waals surface area contributed by atoms with E-state index in [0.29, 0.717) is 10.8 Å². The molecule has 70 valence electrons. The van der Waals surface area contributed by atoms with E-state index in [2.05, 4.69) is 13.8 Å². The highest BCUT2D eigenvalue weighted by Gasteiger charge is 2.17. The second kappa shape index (κ2) is 5.25. The van der Waals surface area contributed by atoms with Gasteiger partial charge in [0.1, 0.15) is 0 Å². The first kappa shape index (κ1) is 11.6. The maximum atomic E-state index is 10.9. The molecule has 2 nitrogen and oxygen atoms in total. The fourth-order valence-electron chi connectivity index (χ4n) is 1.05. The standard InChI is InChI=1S/C9H17NOS/c1-6(2)4-5-8(7(3)12)9(10)11/h6,8H,4-5H2,1-3H3,(H2,10,11). The number of rotatable bonds is 5. The van der Waals surface area contributed by atoms with Crippen LogP contribution in [0.15, 0.2) is 0 Å². The molecule has 0 heterocycles. The summed E-state index contributed by atoms with van der Waals surface area (Å²) in [7, 11) is 0. The van der Waals surface area contributed by atoms with Crippen molar-refractivity contribution >= 4 is 23.0 Å². The van der Waals surface area contributed by atoms with Crippen LogP contribution in [0.5, 0.6) is 0 Å². The van der Waals surface area contributed by atoms with Crippen LogP contribution in [0.2, 0.25) is 0 Å². The third kappa shape index (κ3) is 4.44. The van der Waals surface area contributed by atoms with E-state index in [1.165, 1.54) is 0 Å². The molecule has 0 aromatic carbocycles. The third-order valence-electron chi connectivity index (χ3n) is 1.87. The Bertz CT molecular complexity index is 163. The van der Waals surface area contributed by atoms with Gasteiger partial charge in [-0.2, -0.15) is 0 Å². The lowest BCUT2D eigenvalue weighted by Gasteiger charge is -2.12. The van der Waals surface area contributed by atoms with Crippen LogP contribution in [0.1, 0.15) is 33.6 Å². The van der Waals surface area contributed by atoms with Crippen LogP contribution in [0.25, 0.3) is 0 Å². The second-order valence-corrected chi connectivity index (χ2v) is 4.18. The van der Waals surface area contributed by atoms with Crippen molar-refractivity contribution in [2.45, 2.75) is 33.6 Å². The third-order valence-corrected chi connectivity index (χ3v) is 2.15. The number of nitrogens with two attached hydrogens (primary N) is 1. The average Bonchev–Trinajstić information content (AvgIpc) is 1.84. The number of carbonyl (C=O) groups excluding carboxylic acids is 1. The lowest BCUT2D eigenvalue weighted by Crippen LogP contribution is -2.28. The SMILES string of the molecule is CC(=S)C(CCC(C)C)C(N)=O. The first-order valence-corrected chi connectivity index (χ1v) is 4.65. The lowest BCUT2D eigenvalue weighted by molar-refractivity contribution is -0.120. The highest BCUT2D eigenvalue weighted by atomic mass is 32.1. The number of hydrogen-bond acceptors (Lipinski definition) is 2. The van der Waals surface area contributed by atoms with Crippen molar-refractivity contribution < 1.29 is 4.79 Å². The Labute approximate surface area is 79.5 Å². The molecule has 0 saturated heterocycles. The molecule has 0 rings (SSSR count). The van der Waals surface area contributed by atoms with Crippen LogP contribution >= 0.6 is 12.2 Å². The smallest absolute Gasteiger partial charge is 0.225 e. The zero-order valence-electron chi connectivity index (χ0n) is 7.96. The van der Waals surface area contributed by atoms with Gasteiger partial charge in [0.2, 0.25) is 5.91 Å². The topological polar surface area (TPSA) is 43.1 Å². The summed E-state index contributed by atoms with van der Waals surface area (Å²) in [4.78, 5) is 11.6. The van der Waals surface area contributed by atoms with Gasteiger partial charge in [-0.15, -0.1) is 0 Å². The average molecular weight is 187 g/mol. The molecular formula is C9H17NOS. The molecule has 0 fully saturated rings. The van der Waals surface area contributed by atoms with Crippen molar-refractivity contribution in [1.29, 1.82) is 0 Å². The van der Waals surface area contributed by atoms with Gasteiger partial charge in [0, 0.05) is 4.86 Å². The normalized spacial score (nSPS) is 13.0. The second-order valence-electron chi connectivity index (χ2n) is 3.54. The van der Waals surface area contributed by atoms with E-state index in [1.54, 1.807) is 6.92 Å². The minimum atomic E-state index is -0.289. The van der Waals surface area contributed by atoms with Gasteiger partial charge in [-0.25, -0.2) is 0 Å². The Balaban J connectivity index is 3.97. The van der Waals surface area contributed by atoms with E-state index in [4.69, 9.17) is 18.0 Å². The van der Waals surface area contributed by atoms with Crippen molar-refractivity contribution in [3.05, 3.63) is 0 Å². The Morgan fingerprint density at radius 1 is 1.42 bits per heavy atom. The van der Waals surface area contributed by atoms with E-state index >= 15 is 0 Å². The van der Waals surface area contributed by atoms with Crippen molar-refractivity contribution in [3.8, 4) is 0 Å². The quantitative estimate of drug-likeness (QED) is 0.668. The summed E-state index contributed by atoms with van der Waals surface area (Å²) in [5.41, 5.74) is 5.20.